The van der Waals surface area contributed by atoms with Gasteiger partial charge in [-0.1, -0.05) is 0 Å². The summed E-state index contributed by atoms with van der Waals surface area (Å²) in [6.07, 6.45) is 4.50. The first-order valence-electron chi connectivity index (χ1n) is 5.19. The van der Waals surface area contributed by atoms with Crippen LogP contribution in [-0.4, -0.2) is 30.5 Å². The van der Waals surface area contributed by atoms with Crippen LogP contribution in [0.2, 0.25) is 0 Å². The number of aromatic nitrogens is 1. The summed E-state index contributed by atoms with van der Waals surface area (Å²) >= 11 is 0. The lowest BCUT2D eigenvalue weighted by molar-refractivity contribution is 0.194. The van der Waals surface area contributed by atoms with Gasteiger partial charge in [0.2, 0.25) is 0 Å². The van der Waals surface area contributed by atoms with Crippen LogP contribution in [-0.2, 0) is 0 Å². The average molecular weight is 193 g/mol. The Morgan fingerprint density at radius 3 is 2.64 bits per heavy atom. The first-order valence-corrected chi connectivity index (χ1v) is 5.19. The van der Waals surface area contributed by atoms with Gasteiger partial charge < -0.3 is 15.6 Å². The molecule has 3 N–H and O–H groups in total. The lowest BCUT2D eigenvalue weighted by Crippen LogP contribution is -2.33. The topological polar surface area (TPSA) is 45.0 Å². The Hall–Kier alpha value is -0.800. The first kappa shape index (κ1) is 9.74. The summed E-state index contributed by atoms with van der Waals surface area (Å²) in [6, 6.07) is 4.65. The molecule has 0 radical (unpaired) electrons. The Kier molecular flexibility index (Phi) is 2.37. The highest BCUT2D eigenvalue weighted by molar-refractivity contribution is 5.18. The molecule has 3 nitrogen and oxygen atoms in total. The molecule has 0 amide bonds. The highest BCUT2D eigenvalue weighted by Gasteiger charge is 2.50. The minimum atomic E-state index is 0.328. The maximum absolute atomic E-state index is 5.87. The Morgan fingerprint density at radius 2 is 2.29 bits per heavy atom. The molecule has 1 heterocycles. The van der Waals surface area contributed by atoms with Crippen molar-refractivity contribution in [1.29, 1.82) is 0 Å². The molecule has 1 unspecified atom stereocenters. The molecule has 78 valence electrons. The van der Waals surface area contributed by atoms with Crippen molar-refractivity contribution in [3.8, 4) is 0 Å². The van der Waals surface area contributed by atoms with E-state index in [0.717, 1.165) is 6.54 Å². The molecule has 1 aliphatic carbocycles. The summed E-state index contributed by atoms with van der Waals surface area (Å²) in [5.74, 6) is 0. The first-order chi connectivity index (χ1) is 6.69. The van der Waals surface area contributed by atoms with Crippen LogP contribution in [0.25, 0.3) is 0 Å². The SMILES string of the molecule is CN(C)C(c1ccc[nH]1)C1(CN)CC1. The van der Waals surface area contributed by atoms with Gasteiger partial charge in [-0.3, -0.25) is 0 Å². The minimum absolute atomic E-state index is 0.328. The molecular weight excluding hydrogens is 174 g/mol. The maximum Gasteiger partial charge on any atom is 0.0562 e. The number of aromatic amines is 1. The number of rotatable bonds is 4. The van der Waals surface area contributed by atoms with E-state index in [0.29, 0.717) is 11.5 Å². The van der Waals surface area contributed by atoms with E-state index in [1.165, 1.54) is 18.5 Å². The van der Waals surface area contributed by atoms with Crippen molar-refractivity contribution >= 4 is 0 Å². The smallest absolute Gasteiger partial charge is 0.0562 e. The molecule has 1 aliphatic rings. The number of nitrogens with one attached hydrogen (secondary N) is 1. The second-order valence-corrected chi connectivity index (χ2v) is 4.56. The zero-order chi connectivity index (χ0) is 10.2. The molecule has 1 saturated carbocycles. The van der Waals surface area contributed by atoms with E-state index in [1.807, 2.05) is 6.20 Å². The Balaban J connectivity index is 2.25. The number of hydrogen-bond donors (Lipinski definition) is 2. The normalized spacial score (nSPS) is 21.1. The van der Waals surface area contributed by atoms with Crippen LogP contribution in [0.4, 0.5) is 0 Å². The zero-order valence-electron chi connectivity index (χ0n) is 8.96. The van der Waals surface area contributed by atoms with Crippen molar-refractivity contribution in [2.75, 3.05) is 20.6 Å². The highest BCUT2D eigenvalue weighted by atomic mass is 15.1. The van der Waals surface area contributed by atoms with E-state index >= 15 is 0 Å². The highest BCUT2D eigenvalue weighted by Crippen LogP contribution is 2.55. The maximum atomic E-state index is 5.87. The predicted octanol–water partition coefficient (Wildman–Crippen LogP) is 1.36. The molecule has 0 spiro atoms. The van der Waals surface area contributed by atoms with Crippen LogP contribution in [0.15, 0.2) is 18.3 Å². The van der Waals surface area contributed by atoms with Gasteiger partial charge in [0.05, 0.1) is 6.04 Å². The quantitative estimate of drug-likeness (QED) is 0.758. The van der Waals surface area contributed by atoms with E-state index < -0.39 is 0 Å². The molecule has 1 aromatic heterocycles. The Labute approximate surface area is 85.3 Å². The third-order valence-corrected chi connectivity index (χ3v) is 3.31. The lowest BCUT2D eigenvalue weighted by Gasteiger charge is -2.31. The average Bonchev–Trinajstić information content (AvgIpc) is 2.73. The molecule has 0 aromatic carbocycles. The molecular formula is C11H19N3. The summed E-state index contributed by atoms with van der Waals surface area (Å²) in [5, 5.41) is 0. The molecule has 14 heavy (non-hydrogen) atoms. The van der Waals surface area contributed by atoms with Gasteiger partial charge in [0.25, 0.3) is 0 Å². The number of nitrogens with zero attached hydrogens (tertiary/aromatic N) is 1. The van der Waals surface area contributed by atoms with Crippen molar-refractivity contribution in [1.82, 2.24) is 9.88 Å². The van der Waals surface area contributed by atoms with E-state index in [-0.39, 0.29) is 0 Å². The lowest BCUT2D eigenvalue weighted by atomic mass is 9.93. The summed E-state index contributed by atoms with van der Waals surface area (Å²) < 4.78 is 0. The van der Waals surface area contributed by atoms with Gasteiger partial charge in [0.15, 0.2) is 0 Å². The predicted molar refractivity (Wildman–Crippen MR) is 57.9 cm³/mol. The van der Waals surface area contributed by atoms with Crippen molar-refractivity contribution in [2.24, 2.45) is 11.1 Å². The second kappa shape index (κ2) is 3.41. The van der Waals surface area contributed by atoms with Crippen LogP contribution in [0.1, 0.15) is 24.6 Å². The Morgan fingerprint density at radius 1 is 1.57 bits per heavy atom. The molecule has 1 atom stereocenters. The van der Waals surface area contributed by atoms with Gasteiger partial charge in [-0.2, -0.15) is 0 Å². The fraction of sp³-hybridized carbons (Fsp3) is 0.636. The van der Waals surface area contributed by atoms with E-state index in [4.69, 9.17) is 5.73 Å². The van der Waals surface area contributed by atoms with Crippen LogP contribution >= 0.6 is 0 Å². The Bertz CT molecular complexity index is 285. The number of H-pyrrole nitrogens is 1. The van der Waals surface area contributed by atoms with Crippen LogP contribution in [0.3, 0.4) is 0 Å². The van der Waals surface area contributed by atoms with Gasteiger partial charge in [-0.05, 0) is 45.6 Å². The number of hydrogen-bond acceptors (Lipinski definition) is 2. The third-order valence-electron chi connectivity index (χ3n) is 3.31. The summed E-state index contributed by atoms with van der Waals surface area (Å²) in [5.41, 5.74) is 7.49. The van der Waals surface area contributed by atoms with E-state index in [2.05, 4.69) is 36.1 Å². The fourth-order valence-electron chi connectivity index (χ4n) is 2.42. The molecule has 1 fully saturated rings. The summed E-state index contributed by atoms with van der Waals surface area (Å²) in [7, 11) is 4.25. The molecule has 0 saturated heterocycles. The largest absolute Gasteiger partial charge is 0.364 e. The van der Waals surface area contributed by atoms with Crippen LogP contribution in [0.5, 0.6) is 0 Å². The van der Waals surface area contributed by atoms with Crippen LogP contribution < -0.4 is 5.73 Å². The molecule has 3 heteroatoms. The van der Waals surface area contributed by atoms with E-state index in [1.54, 1.807) is 0 Å². The van der Waals surface area contributed by atoms with Crippen molar-refractivity contribution in [3.05, 3.63) is 24.0 Å². The van der Waals surface area contributed by atoms with E-state index in [9.17, 15) is 0 Å². The van der Waals surface area contributed by atoms with Gasteiger partial charge in [0.1, 0.15) is 0 Å². The molecule has 0 aliphatic heterocycles. The molecule has 0 bridgehead atoms. The van der Waals surface area contributed by atoms with Crippen molar-refractivity contribution in [3.63, 3.8) is 0 Å². The zero-order valence-corrected chi connectivity index (χ0v) is 8.96. The molecule has 2 rings (SSSR count). The van der Waals surface area contributed by atoms with Crippen molar-refractivity contribution < 1.29 is 0 Å². The fourth-order valence-corrected chi connectivity index (χ4v) is 2.42. The standard InChI is InChI=1S/C11H19N3/c1-14(2)10(9-4-3-7-13-9)11(8-12)5-6-11/h3-4,7,10,13H,5-6,8,12H2,1-2H3. The third kappa shape index (κ3) is 1.47. The van der Waals surface area contributed by atoms with Gasteiger partial charge in [-0.25, -0.2) is 0 Å². The summed E-state index contributed by atoms with van der Waals surface area (Å²) in [4.78, 5) is 5.57. The molecule has 1 aromatic rings. The van der Waals surface area contributed by atoms with Gasteiger partial charge in [-0.15, -0.1) is 0 Å². The second-order valence-electron chi connectivity index (χ2n) is 4.56. The van der Waals surface area contributed by atoms with Gasteiger partial charge in [0, 0.05) is 17.3 Å². The van der Waals surface area contributed by atoms with Crippen LogP contribution in [0, 0.1) is 5.41 Å². The summed E-state index contributed by atoms with van der Waals surface area (Å²) in [6.45, 7) is 0.787. The minimum Gasteiger partial charge on any atom is -0.364 e. The monoisotopic (exact) mass is 193 g/mol. The van der Waals surface area contributed by atoms with Crippen molar-refractivity contribution in [2.45, 2.75) is 18.9 Å². The number of nitrogens with two attached hydrogens (primary N) is 1. The van der Waals surface area contributed by atoms with Gasteiger partial charge >= 0.3 is 0 Å².